The van der Waals surface area contributed by atoms with Gasteiger partial charge in [-0.25, -0.2) is 0 Å². The topological polar surface area (TPSA) is 24.9 Å². The van der Waals surface area contributed by atoms with Gasteiger partial charge in [-0.15, -0.1) is 0 Å². The molecule has 0 bridgehead atoms. The first-order valence-electron chi connectivity index (χ1n) is 5.77. The lowest BCUT2D eigenvalue weighted by Gasteiger charge is -2.19. The van der Waals surface area contributed by atoms with Gasteiger partial charge in [0, 0.05) is 29.8 Å². The van der Waals surface area contributed by atoms with Gasteiger partial charge in [0.15, 0.2) is 0 Å². The molecule has 0 amide bonds. The maximum Gasteiger partial charge on any atom is 0.0460 e. The minimum Gasteiger partial charge on any atom is -0.316 e. The molecule has 0 fully saturated rings. The largest absolute Gasteiger partial charge is 0.316 e. The first kappa shape index (κ1) is 10.6. The van der Waals surface area contributed by atoms with E-state index in [-0.39, 0.29) is 5.41 Å². The molecule has 82 valence electrons. The number of nitrogens with zero attached hydrogens (tertiary/aromatic N) is 1. The zero-order chi connectivity index (χ0) is 10.9. The van der Waals surface area contributed by atoms with E-state index in [4.69, 9.17) is 4.98 Å². The molecule has 1 aliphatic heterocycles. The second-order valence-corrected chi connectivity index (χ2v) is 5.30. The summed E-state index contributed by atoms with van der Waals surface area (Å²) < 4.78 is 0. The molecule has 1 aromatic heterocycles. The fourth-order valence-electron chi connectivity index (χ4n) is 1.95. The molecule has 0 saturated carbocycles. The van der Waals surface area contributed by atoms with E-state index in [2.05, 4.69) is 38.2 Å². The number of nitrogens with one attached hydrogen (secondary N) is 1. The highest BCUT2D eigenvalue weighted by molar-refractivity contribution is 5.27. The third-order valence-corrected chi connectivity index (χ3v) is 2.95. The van der Waals surface area contributed by atoms with Crippen molar-refractivity contribution >= 4 is 0 Å². The van der Waals surface area contributed by atoms with Gasteiger partial charge in [-0.05, 0) is 24.6 Å². The summed E-state index contributed by atoms with van der Waals surface area (Å²) in [5.41, 5.74) is 4.10. The summed E-state index contributed by atoms with van der Waals surface area (Å²) in [4.78, 5) is 4.80. The lowest BCUT2D eigenvalue weighted by Crippen LogP contribution is -2.16. The summed E-state index contributed by atoms with van der Waals surface area (Å²) in [6, 6.07) is 4.44. The Morgan fingerprint density at radius 2 is 1.87 bits per heavy atom. The van der Waals surface area contributed by atoms with Gasteiger partial charge in [0.1, 0.15) is 0 Å². The van der Waals surface area contributed by atoms with Crippen molar-refractivity contribution in [3.05, 3.63) is 29.1 Å². The van der Waals surface area contributed by atoms with Crippen molar-refractivity contribution in [2.75, 3.05) is 13.1 Å². The molecule has 0 radical (unpaired) electrons. The Bertz CT molecular complexity index is 350. The van der Waals surface area contributed by atoms with Crippen LogP contribution in [0.3, 0.4) is 0 Å². The van der Waals surface area contributed by atoms with Crippen LogP contribution in [0.5, 0.6) is 0 Å². The highest BCUT2D eigenvalue weighted by Crippen LogP contribution is 2.22. The van der Waals surface area contributed by atoms with Gasteiger partial charge in [0.05, 0.1) is 0 Å². The predicted molar refractivity (Wildman–Crippen MR) is 63.2 cm³/mol. The minimum atomic E-state index is 0.161. The predicted octanol–water partition coefficient (Wildman–Crippen LogP) is 2.07. The standard InChI is InChI=1S/C13H20N2/c1-13(2,3)12-5-4-10-6-8-14-9-7-11(10)15-12/h4-5,14H,6-9H2,1-3H3. The quantitative estimate of drug-likeness (QED) is 0.700. The Balaban J connectivity index is 2.36. The number of rotatable bonds is 0. The third kappa shape index (κ3) is 2.37. The SMILES string of the molecule is CC(C)(C)c1ccc2c(n1)CCNCC2. The molecule has 2 heteroatoms. The van der Waals surface area contributed by atoms with E-state index in [1.165, 1.54) is 17.0 Å². The molecule has 2 heterocycles. The van der Waals surface area contributed by atoms with Crippen LogP contribution in [0, 0.1) is 0 Å². The van der Waals surface area contributed by atoms with E-state index in [1.807, 2.05) is 0 Å². The van der Waals surface area contributed by atoms with Crippen molar-refractivity contribution in [3.63, 3.8) is 0 Å². The van der Waals surface area contributed by atoms with Crippen LogP contribution >= 0.6 is 0 Å². The molecule has 0 atom stereocenters. The Morgan fingerprint density at radius 3 is 2.60 bits per heavy atom. The van der Waals surface area contributed by atoms with Gasteiger partial charge >= 0.3 is 0 Å². The Labute approximate surface area is 92.1 Å². The Hall–Kier alpha value is -0.890. The molecule has 2 rings (SSSR count). The van der Waals surface area contributed by atoms with E-state index in [1.54, 1.807) is 0 Å². The van der Waals surface area contributed by atoms with Crippen LogP contribution in [0.2, 0.25) is 0 Å². The monoisotopic (exact) mass is 204 g/mol. The molecular formula is C13H20N2. The van der Waals surface area contributed by atoms with Crippen molar-refractivity contribution in [1.29, 1.82) is 0 Å². The van der Waals surface area contributed by atoms with E-state index in [9.17, 15) is 0 Å². The van der Waals surface area contributed by atoms with Gasteiger partial charge in [-0.1, -0.05) is 26.8 Å². The van der Waals surface area contributed by atoms with Gasteiger partial charge in [0.2, 0.25) is 0 Å². The molecule has 0 unspecified atom stereocenters. The first-order chi connectivity index (χ1) is 7.07. The second kappa shape index (κ2) is 3.93. The van der Waals surface area contributed by atoms with Gasteiger partial charge < -0.3 is 5.32 Å². The fraction of sp³-hybridized carbons (Fsp3) is 0.615. The molecule has 15 heavy (non-hydrogen) atoms. The van der Waals surface area contributed by atoms with Crippen LogP contribution in [-0.4, -0.2) is 18.1 Å². The van der Waals surface area contributed by atoms with Gasteiger partial charge in [-0.3, -0.25) is 4.98 Å². The smallest absolute Gasteiger partial charge is 0.0460 e. The second-order valence-electron chi connectivity index (χ2n) is 5.30. The van der Waals surface area contributed by atoms with Gasteiger partial charge in [-0.2, -0.15) is 0 Å². The van der Waals surface area contributed by atoms with Crippen molar-refractivity contribution in [1.82, 2.24) is 10.3 Å². The zero-order valence-electron chi connectivity index (χ0n) is 9.93. The number of hydrogen-bond donors (Lipinski definition) is 1. The van der Waals surface area contributed by atoms with Crippen LogP contribution < -0.4 is 5.32 Å². The summed E-state index contributed by atoms with van der Waals surface area (Å²) >= 11 is 0. The molecule has 0 saturated heterocycles. The minimum absolute atomic E-state index is 0.161. The van der Waals surface area contributed by atoms with E-state index >= 15 is 0 Å². The summed E-state index contributed by atoms with van der Waals surface area (Å²) in [7, 11) is 0. The highest BCUT2D eigenvalue weighted by atomic mass is 14.9. The fourth-order valence-corrected chi connectivity index (χ4v) is 1.95. The normalized spacial score (nSPS) is 17.0. The lowest BCUT2D eigenvalue weighted by atomic mass is 9.90. The zero-order valence-corrected chi connectivity index (χ0v) is 9.93. The van der Waals surface area contributed by atoms with E-state index in [0.717, 1.165) is 25.9 Å². The molecule has 0 spiro atoms. The number of hydrogen-bond acceptors (Lipinski definition) is 2. The van der Waals surface area contributed by atoms with Crippen LogP contribution in [0.1, 0.15) is 37.7 Å². The maximum absolute atomic E-state index is 4.80. The summed E-state index contributed by atoms with van der Waals surface area (Å²) in [5.74, 6) is 0. The van der Waals surface area contributed by atoms with E-state index in [0.29, 0.717) is 0 Å². The Morgan fingerprint density at radius 1 is 1.13 bits per heavy atom. The Kier molecular flexibility index (Phi) is 2.79. The molecule has 1 aromatic rings. The molecule has 2 nitrogen and oxygen atoms in total. The average molecular weight is 204 g/mol. The van der Waals surface area contributed by atoms with Crippen LogP contribution in [0.15, 0.2) is 12.1 Å². The van der Waals surface area contributed by atoms with Crippen molar-refractivity contribution < 1.29 is 0 Å². The first-order valence-corrected chi connectivity index (χ1v) is 5.77. The summed E-state index contributed by atoms with van der Waals surface area (Å²) in [5, 5.41) is 3.41. The van der Waals surface area contributed by atoms with Crippen molar-refractivity contribution in [3.8, 4) is 0 Å². The van der Waals surface area contributed by atoms with Gasteiger partial charge in [0.25, 0.3) is 0 Å². The van der Waals surface area contributed by atoms with Crippen LogP contribution in [0.25, 0.3) is 0 Å². The highest BCUT2D eigenvalue weighted by Gasteiger charge is 2.17. The summed E-state index contributed by atoms with van der Waals surface area (Å²) in [6.45, 7) is 8.81. The molecule has 1 N–H and O–H groups in total. The average Bonchev–Trinajstić information content (AvgIpc) is 2.39. The number of fused-ring (bicyclic) bond motifs is 1. The molecule has 0 aromatic carbocycles. The summed E-state index contributed by atoms with van der Waals surface area (Å²) in [6.07, 6.45) is 2.19. The molecular weight excluding hydrogens is 184 g/mol. The van der Waals surface area contributed by atoms with Crippen molar-refractivity contribution in [2.24, 2.45) is 0 Å². The third-order valence-electron chi connectivity index (χ3n) is 2.95. The van der Waals surface area contributed by atoms with E-state index < -0.39 is 0 Å². The van der Waals surface area contributed by atoms with Crippen molar-refractivity contribution in [2.45, 2.75) is 39.0 Å². The maximum atomic E-state index is 4.80. The lowest BCUT2D eigenvalue weighted by molar-refractivity contribution is 0.564. The molecule has 0 aliphatic carbocycles. The van der Waals surface area contributed by atoms with Crippen LogP contribution in [0.4, 0.5) is 0 Å². The van der Waals surface area contributed by atoms with Crippen LogP contribution in [-0.2, 0) is 18.3 Å². The molecule has 1 aliphatic rings. The number of aromatic nitrogens is 1. The number of pyridine rings is 1.